The Labute approximate surface area is 99.7 Å². The Morgan fingerprint density at radius 1 is 1.12 bits per heavy atom. The van der Waals surface area contributed by atoms with E-state index in [0.717, 1.165) is 13.1 Å². The van der Waals surface area contributed by atoms with Crippen molar-refractivity contribution < 1.29 is 10.2 Å². The summed E-state index contributed by atoms with van der Waals surface area (Å²) in [5.74, 6) is 0.511. The lowest BCUT2D eigenvalue weighted by Crippen LogP contribution is -2.42. The number of nitrogens with zero attached hydrogens (tertiary/aromatic N) is 1. The molecule has 4 nitrogen and oxygen atoms in total. The van der Waals surface area contributed by atoms with Gasteiger partial charge in [0.1, 0.15) is 0 Å². The zero-order valence-electron chi connectivity index (χ0n) is 11.2. The standard InChI is InChI=1S/C12H28N2O2/c1-11(9-13-12(2,3)4)10-14(5-7-15)6-8-16/h11,13,15-16H,5-10H2,1-4H3. The molecular weight excluding hydrogens is 204 g/mol. The van der Waals surface area contributed by atoms with E-state index in [-0.39, 0.29) is 18.8 Å². The van der Waals surface area contributed by atoms with Crippen LogP contribution in [0.5, 0.6) is 0 Å². The lowest BCUT2D eigenvalue weighted by Gasteiger charge is -2.27. The predicted octanol–water partition coefficient (Wildman–Crippen LogP) is 0.297. The average molecular weight is 232 g/mol. The van der Waals surface area contributed by atoms with Crippen LogP contribution in [0.1, 0.15) is 27.7 Å². The third-order valence-corrected chi connectivity index (χ3v) is 2.38. The summed E-state index contributed by atoms with van der Waals surface area (Å²) in [6, 6.07) is 0. The van der Waals surface area contributed by atoms with E-state index in [1.165, 1.54) is 0 Å². The molecule has 16 heavy (non-hydrogen) atoms. The van der Waals surface area contributed by atoms with Crippen molar-refractivity contribution >= 4 is 0 Å². The Bertz CT molecular complexity index is 163. The first-order valence-corrected chi connectivity index (χ1v) is 6.08. The van der Waals surface area contributed by atoms with Crippen molar-refractivity contribution in [3.05, 3.63) is 0 Å². The van der Waals surface area contributed by atoms with Gasteiger partial charge < -0.3 is 15.5 Å². The maximum absolute atomic E-state index is 8.90. The smallest absolute Gasteiger partial charge is 0.0558 e. The maximum Gasteiger partial charge on any atom is 0.0558 e. The third kappa shape index (κ3) is 9.09. The molecule has 0 aliphatic rings. The van der Waals surface area contributed by atoms with E-state index in [1.807, 2.05) is 0 Å². The van der Waals surface area contributed by atoms with Crippen LogP contribution in [0, 0.1) is 5.92 Å². The molecule has 0 aromatic rings. The minimum absolute atomic E-state index is 0.146. The summed E-state index contributed by atoms with van der Waals surface area (Å²) < 4.78 is 0. The first kappa shape index (κ1) is 15.8. The van der Waals surface area contributed by atoms with Crippen molar-refractivity contribution in [1.82, 2.24) is 10.2 Å². The van der Waals surface area contributed by atoms with Crippen molar-refractivity contribution in [3.8, 4) is 0 Å². The minimum atomic E-state index is 0.146. The quantitative estimate of drug-likeness (QED) is 0.563. The molecular formula is C12H28N2O2. The van der Waals surface area contributed by atoms with Crippen LogP contribution in [0.4, 0.5) is 0 Å². The van der Waals surface area contributed by atoms with Gasteiger partial charge in [-0.05, 0) is 33.2 Å². The zero-order valence-corrected chi connectivity index (χ0v) is 11.2. The summed E-state index contributed by atoms with van der Waals surface area (Å²) in [7, 11) is 0. The fourth-order valence-electron chi connectivity index (χ4n) is 1.56. The van der Waals surface area contributed by atoms with Crippen molar-refractivity contribution in [2.24, 2.45) is 5.92 Å². The Balaban J connectivity index is 3.85. The molecule has 0 amide bonds. The van der Waals surface area contributed by atoms with Crippen LogP contribution >= 0.6 is 0 Å². The Morgan fingerprint density at radius 3 is 2.00 bits per heavy atom. The van der Waals surface area contributed by atoms with Gasteiger partial charge in [0.25, 0.3) is 0 Å². The van der Waals surface area contributed by atoms with Crippen molar-refractivity contribution in [3.63, 3.8) is 0 Å². The number of hydrogen-bond donors (Lipinski definition) is 3. The van der Waals surface area contributed by atoms with Gasteiger partial charge in [-0.2, -0.15) is 0 Å². The van der Waals surface area contributed by atoms with Gasteiger partial charge in [-0.15, -0.1) is 0 Å². The summed E-state index contributed by atoms with van der Waals surface area (Å²) in [6.07, 6.45) is 0. The van der Waals surface area contributed by atoms with Gasteiger partial charge >= 0.3 is 0 Å². The predicted molar refractivity (Wildman–Crippen MR) is 67.5 cm³/mol. The second-order valence-corrected chi connectivity index (χ2v) is 5.48. The lowest BCUT2D eigenvalue weighted by molar-refractivity contribution is 0.145. The Hall–Kier alpha value is -0.160. The lowest BCUT2D eigenvalue weighted by atomic mass is 10.1. The van der Waals surface area contributed by atoms with Gasteiger partial charge in [-0.1, -0.05) is 6.92 Å². The summed E-state index contributed by atoms with van der Waals surface area (Å²) in [5.41, 5.74) is 0.146. The molecule has 0 saturated carbocycles. The van der Waals surface area contributed by atoms with Crippen LogP contribution in [0.25, 0.3) is 0 Å². The van der Waals surface area contributed by atoms with Crippen LogP contribution in [0.2, 0.25) is 0 Å². The van der Waals surface area contributed by atoms with Crippen molar-refractivity contribution in [1.29, 1.82) is 0 Å². The van der Waals surface area contributed by atoms with Gasteiger partial charge in [-0.25, -0.2) is 0 Å². The summed E-state index contributed by atoms with van der Waals surface area (Å²) in [4.78, 5) is 2.09. The molecule has 98 valence electrons. The van der Waals surface area contributed by atoms with E-state index in [1.54, 1.807) is 0 Å². The van der Waals surface area contributed by atoms with Gasteiger partial charge in [-0.3, -0.25) is 4.90 Å². The minimum Gasteiger partial charge on any atom is -0.395 e. The molecule has 0 spiro atoms. The van der Waals surface area contributed by atoms with Crippen LogP contribution in [0.15, 0.2) is 0 Å². The molecule has 0 saturated heterocycles. The highest BCUT2D eigenvalue weighted by atomic mass is 16.3. The number of aliphatic hydroxyl groups excluding tert-OH is 2. The summed E-state index contributed by atoms with van der Waals surface area (Å²) >= 11 is 0. The second-order valence-electron chi connectivity index (χ2n) is 5.48. The molecule has 0 aromatic heterocycles. The fraction of sp³-hybridized carbons (Fsp3) is 1.00. The fourth-order valence-corrected chi connectivity index (χ4v) is 1.56. The number of aliphatic hydroxyl groups is 2. The number of hydrogen-bond acceptors (Lipinski definition) is 4. The topological polar surface area (TPSA) is 55.7 Å². The third-order valence-electron chi connectivity index (χ3n) is 2.38. The molecule has 1 atom stereocenters. The second kappa shape index (κ2) is 8.01. The molecule has 0 aromatic carbocycles. The SMILES string of the molecule is CC(CNC(C)(C)C)CN(CCO)CCO. The van der Waals surface area contributed by atoms with E-state index in [0.29, 0.717) is 19.0 Å². The highest BCUT2D eigenvalue weighted by molar-refractivity contribution is 4.73. The average Bonchev–Trinajstić information content (AvgIpc) is 2.14. The maximum atomic E-state index is 8.90. The van der Waals surface area contributed by atoms with Crippen LogP contribution < -0.4 is 5.32 Å². The van der Waals surface area contributed by atoms with Crippen molar-refractivity contribution in [2.75, 3.05) is 39.4 Å². The highest BCUT2D eigenvalue weighted by Gasteiger charge is 2.13. The summed E-state index contributed by atoms with van der Waals surface area (Å²) in [5, 5.41) is 21.3. The first-order valence-electron chi connectivity index (χ1n) is 6.08. The van der Waals surface area contributed by atoms with Gasteiger partial charge in [0.05, 0.1) is 13.2 Å². The molecule has 0 fully saturated rings. The van der Waals surface area contributed by atoms with E-state index < -0.39 is 0 Å². The molecule has 0 bridgehead atoms. The van der Waals surface area contributed by atoms with E-state index in [4.69, 9.17) is 10.2 Å². The molecule has 3 N–H and O–H groups in total. The van der Waals surface area contributed by atoms with Gasteiger partial charge in [0.15, 0.2) is 0 Å². The van der Waals surface area contributed by atoms with Crippen LogP contribution in [0.3, 0.4) is 0 Å². The Morgan fingerprint density at radius 2 is 1.62 bits per heavy atom. The monoisotopic (exact) mass is 232 g/mol. The molecule has 0 radical (unpaired) electrons. The molecule has 0 heterocycles. The largest absolute Gasteiger partial charge is 0.395 e. The normalized spacial score (nSPS) is 14.4. The molecule has 0 aliphatic heterocycles. The molecule has 4 heteroatoms. The van der Waals surface area contributed by atoms with Gasteiger partial charge in [0, 0.05) is 25.2 Å². The molecule has 0 aliphatic carbocycles. The first-order chi connectivity index (χ1) is 7.39. The van der Waals surface area contributed by atoms with Crippen LogP contribution in [-0.4, -0.2) is 60.0 Å². The molecule has 1 unspecified atom stereocenters. The van der Waals surface area contributed by atoms with E-state index in [9.17, 15) is 0 Å². The zero-order chi connectivity index (χ0) is 12.6. The highest BCUT2D eigenvalue weighted by Crippen LogP contribution is 2.03. The Kier molecular flexibility index (Phi) is 7.93. The number of rotatable bonds is 8. The van der Waals surface area contributed by atoms with E-state index >= 15 is 0 Å². The van der Waals surface area contributed by atoms with E-state index in [2.05, 4.69) is 37.9 Å². The van der Waals surface area contributed by atoms with Gasteiger partial charge in [0.2, 0.25) is 0 Å². The van der Waals surface area contributed by atoms with Crippen LogP contribution in [-0.2, 0) is 0 Å². The number of nitrogens with one attached hydrogen (secondary N) is 1. The molecule has 0 rings (SSSR count). The van der Waals surface area contributed by atoms with Crippen molar-refractivity contribution in [2.45, 2.75) is 33.2 Å². The summed E-state index contributed by atoms with van der Waals surface area (Å²) in [6.45, 7) is 12.1.